The fraction of sp³-hybridized carbons (Fsp3) is 0.480. The molecule has 1 heterocycles. The monoisotopic (exact) mass is 541 g/mol. The Kier molecular flexibility index (Phi) is 8.83. The van der Waals surface area contributed by atoms with Crippen LogP contribution in [-0.2, 0) is 14.8 Å². The van der Waals surface area contributed by atoms with E-state index in [9.17, 15) is 13.2 Å². The second kappa shape index (κ2) is 11.3. The van der Waals surface area contributed by atoms with E-state index in [4.69, 9.17) is 27.9 Å². The predicted octanol–water partition coefficient (Wildman–Crippen LogP) is 5.48. The van der Waals surface area contributed by atoms with Crippen LogP contribution in [0.15, 0.2) is 42.5 Å². The van der Waals surface area contributed by atoms with Crippen LogP contribution in [0.5, 0.6) is 5.75 Å². The highest BCUT2D eigenvalue weighted by Crippen LogP contribution is 2.31. The van der Waals surface area contributed by atoms with Crippen LogP contribution in [0, 0.1) is 0 Å². The van der Waals surface area contributed by atoms with Gasteiger partial charge >= 0.3 is 0 Å². The van der Waals surface area contributed by atoms with Gasteiger partial charge in [0.25, 0.3) is 5.91 Å². The van der Waals surface area contributed by atoms with Gasteiger partial charge in [0, 0.05) is 36.1 Å². The molecule has 2 N–H and O–H groups in total. The third-order valence-electron chi connectivity index (χ3n) is 5.99. The number of carbonyl (C=O) groups excluding carboxylic acids is 1. The zero-order valence-corrected chi connectivity index (χ0v) is 22.8. The van der Waals surface area contributed by atoms with Crippen molar-refractivity contribution >= 4 is 50.5 Å². The average Bonchev–Trinajstić information content (AvgIpc) is 2.76. The first-order valence-corrected chi connectivity index (χ1v) is 14.3. The van der Waals surface area contributed by atoms with E-state index in [1.807, 2.05) is 12.1 Å². The van der Waals surface area contributed by atoms with Gasteiger partial charge in [0.05, 0.1) is 16.3 Å². The Bertz CT molecular complexity index is 1140. The fourth-order valence-electron chi connectivity index (χ4n) is 4.30. The zero-order chi connectivity index (χ0) is 25.8. The van der Waals surface area contributed by atoms with E-state index >= 15 is 0 Å². The third kappa shape index (κ3) is 7.66. The van der Waals surface area contributed by atoms with E-state index < -0.39 is 15.6 Å². The number of sulfonamides is 1. The molecule has 35 heavy (non-hydrogen) atoms. The average molecular weight is 543 g/mol. The summed E-state index contributed by atoms with van der Waals surface area (Å²) in [5.41, 5.74) is 0.488. The molecule has 7 nitrogen and oxygen atoms in total. The molecule has 192 valence electrons. The minimum Gasteiger partial charge on any atom is -0.478 e. The number of amides is 1. The molecule has 1 fully saturated rings. The molecule has 2 aromatic carbocycles. The first-order valence-electron chi connectivity index (χ1n) is 11.7. The van der Waals surface area contributed by atoms with Crippen molar-refractivity contribution in [3.05, 3.63) is 52.5 Å². The Morgan fingerprint density at radius 2 is 1.83 bits per heavy atom. The van der Waals surface area contributed by atoms with Gasteiger partial charge in [-0.1, -0.05) is 36.5 Å². The van der Waals surface area contributed by atoms with E-state index in [1.165, 1.54) is 0 Å². The first kappa shape index (κ1) is 27.4. The van der Waals surface area contributed by atoms with Crippen molar-refractivity contribution in [1.82, 2.24) is 5.32 Å². The Morgan fingerprint density at radius 1 is 1.14 bits per heavy atom. The Hall–Kier alpha value is -2.16. The number of benzene rings is 2. The number of hydrogen-bond acceptors (Lipinski definition) is 5. The van der Waals surface area contributed by atoms with Crippen molar-refractivity contribution in [2.45, 2.75) is 64.1 Å². The number of nitrogens with one attached hydrogen (secondary N) is 2. The van der Waals surface area contributed by atoms with Crippen molar-refractivity contribution in [2.75, 3.05) is 22.4 Å². The molecule has 1 aliphatic heterocycles. The summed E-state index contributed by atoms with van der Waals surface area (Å²) in [6, 6.07) is 12.6. The smallest absolute Gasteiger partial charge is 0.263 e. The van der Waals surface area contributed by atoms with Crippen molar-refractivity contribution in [2.24, 2.45) is 0 Å². The van der Waals surface area contributed by atoms with Gasteiger partial charge in [0.1, 0.15) is 5.75 Å². The van der Waals surface area contributed by atoms with Crippen LogP contribution in [0.4, 0.5) is 11.4 Å². The quantitative estimate of drug-likeness (QED) is 0.439. The summed E-state index contributed by atoms with van der Waals surface area (Å²) in [7, 11) is -3.32. The molecule has 1 amide bonds. The molecule has 3 rings (SSSR count). The molecule has 0 spiro atoms. The number of carbonyl (C=O) groups is 1. The summed E-state index contributed by atoms with van der Waals surface area (Å²) in [5.74, 6) is 0.292. The summed E-state index contributed by atoms with van der Waals surface area (Å²) in [6.45, 7) is 6.39. The first-order chi connectivity index (χ1) is 16.4. The molecule has 2 unspecified atom stereocenters. The lowest BCUT2D eigenvalue weighted by Crippen LogP contribution is -2.55. The molecule has 2 atom stereocenters. The van der Waals surface area contributed by atoms with E-state index in [0.717, 1.165) is 44.2 Å². The summed E-state index contributed by atoms with van der Waals surface area (Å²) in [5, 5.41) is 3.97. The number of hydrogen-bond donors (Lipinski definition) is 2. The van der Waals surface area contributed by atoms with Gasteiger partial charge in [0.2, 0.25) is 10.0 Å². The van der Waals surface area contributed by atoms with E-state index in [2.05, 4.69) is 21.9 Å². The maximum Gasteiger partial charge on any atom is 0.263 e. The number of piperidine rings is 1. The normalized spacial score (nSPS) is 18.7. The molecule has 10 heteroatoms. The SMILES string of the molecule is CCCC1CC(NC(=O)C(C)(C)Oc2ccc(Cl)c(Cl)c2)CCN1c1ccc(NS(C)(=O)=O)cc1. The van der Waals surface area contributed by atoms with Crippen LogP contribution in [-0.4, -0.2) is 44.8 Å². The summed E-state index contributed by atoms with van der Waals surface area (Å²) >= 11 is 12.1. The molecule has 0 bridgehead atoms. The van der Waals surface area contributed by atoms with Gasteiger partial charge in [0.15, 0.2) is 5.60 Å². The van der Waals surface area contributed by atoms with Crippen LogP contribution in [0.2, 0.25) is 10.0 Å². The van der Waals surface area contributed by atoms with Gasteiger partial charge in [-0.05, 0) is 69.5 Å². The second-order valence-corrected chi connectivity index (χ2v) is 12.0. The summed E-state index contributed by atoms with van der Waals surface area (Å²) in [4.78, 5) is 15.4. The highest BCUT2D eigenvalue weighted by Gasteiger charge is 2.35. The van der Waals surface area contributed by atoms with Crippen molar-refractivity contribution in [1.29, 1.82) is 0 Å². The van der Waals surface area contributed by atoms with Crippen LogP contribution in [0.1, 0.15) is 46.5 Å². The Balaban J connectivity index is 1.64. The van der Waals surface area contributed by atoms with Crippen molar-refractivity contribution in [3.8, 4) is 5.75 Å². The number of anilines is 2. The largest absolute Gasteiger partial charge is 0.478 e. The van der Waals surface area contributed by atoms with E-state index in [-0.39, 0.29) is 18.0 Å². The van der Waals surface area contributed by atoms with Gasteiger partial charge in [-0.2, -0.15) is 0 Å². The van der Waals surface area contributed by atoms with Gasteiger partial charge in [-0.15, -0.1) is 0 Å². The summed E-state index contributed by atoms with van der Waals surface area (Å²) in [6.07, 6.45) is 4.73. The van der Waals surface area contributed by atoms with Crippen LogP contribution >= 0.6 is 23.2 Å². The minimum absolute atomic E-state index is 0.0261. The summed E-state index contributed by atoms with van der Waals surface area (Å²) < 4.78 is 31.4. The highest BCUT2D eigenvalue weighted by atomic mass is 35.5. The van der Waals surface area contributed by atoms with Gasteiger partial charge in [-0.3, -0.25) is 9.52 Å². The highest BCUT2D eigenvalue weighted by molar-refractivity contribution is 7.92. The zero-order valence-electron chi connectivity index (χ0n) is 20.5. The van der Waals surface area contributed by atoms with Gasteiger partial charge in [-0.25, -0.2) is 8.42 Å². The van der Waals surface area contributed by atoms with E-state index in [0.29, 0.717) is 21.5 Å². The molecule has 0 aromatic heterocycles. The molecule has 2 aromatic rings. The number of ether oxygens (including phenoxy) is 1. The molecular weight excluding hydrogens is 509 g/mol. The number of nitrogens with zero attached hydrogens (tertiary/aromatic N) is 1. The maximum atomic E-state index is 13.1. The van der Waals surface area contributed by atoms with Crippen LogP contribution in [0.3, 0.4) is 0 Å². The molecule has 1 saturated heterocycles. The lowest BCUT2D eigenvalue weighted by atomic mass is 9.92. The Labute approximate surface area is 218 Å². The van der Waals surface area contributed by atoms with Gasteiger partial charge < -0.3 is 15.0 Å². The predicted molar refractivity (Wildman–Crippen MR) is 143 cm³/mol. The van der Waals surface area contributed by atoms with Crippen molar-refractivity contribution in [3.63, 3.8) is 0 Å². The fourth-order valence-corrected chi connectivity index (χ4v) is 5.16. The molecule has 0 radical (unpaired) electrons. The lowest BCUT2D eigenvalue weighted by Gasteiger charge is -2.42. The lowest BCUT2D eigenvalue weighted by molar-refractivity contribution is -0.135. The van der Waals surface area contributed by atoms with Crippen molar-refractivity contribution < 1.29 is 17.9 Å². The third-order valence-corrected chi connectivity index (χ3v) is 7.33. The van der Waals surface area contributed by atoms with E-state index in [1.54, 1.807) is 44.2 Å². The van der Waals surface area contributed by atoms with Crippen LogP contribution in [0.25, 0.3) is 0 Å². The topological polar surface area (TPSA) is 87.7 Å². The molecular formula is C25H33Cl2N3O4S. The maximum absolute atomic E-state index is 13.1. The number of halogens is 2. The minimum atomic E-state index is -3.32. The molecule has 0 aliphatic carbocycles. The molecule has 0 saturated carbocycles. The number of rotatable bonds is 9. The standard InChI is InChI=1S/C25H33Cl2N3O4S/c1-5-6-20-15-18(13-14-30(20)19-9-7-17(8-10-19)29-35(4,32)33)28-24(31)25(2,3)34-21-11-12-22(26)23(27)16-21/h7-12,16,18,20,29H,5-6,13-15H2,1-4H3,(H,28,31). The second-order valence-electron chi connectivity index (χ2n) is 9.44. The molecule has 1 aliphatic rings. The van der Waals surface area contributed by atoms with Crippen LogP contribution < -0.4 is 19.7 Å². The Morgan fingerprint density at radius 3 is 2.43 bits per heavy atom.